The van der Waals surface area contributed by atoms with Crippen molar-refractivity contribution in [2.24, 2.45) is 0 Å². The maximum absolute atomic E-state index is 13.8. The zero-order valence-corrected chi connectivity index (χ0v) is 19.7. The summed E-state index contributed by atoms with van der Waals surface area (Å²) < 4.78 is 20.2. The first-order valence-corrected chi connectivity index (χ1v) is 11.2. The summed E-state index contributed by atoms with van der Waals surface area (Å²) in [5, 5.41) is 11.5. The van der Waals surface area contributed by atoms with Crippen LogP contribution < -0.4 is 10.2 Å². The highest BCUT2D eigenvalue weighted by Gasteiger charge is 2.33. The van der Waals surface area contributed by atoms with E-state index in [1.165, 1.54) is 41.0 Å². The van der Waals surface area contributed by atoms with E-state index in [1.807, 2.05) is 18.2 Å². The molecule has 2 amide bonds. The lowest BCUT2D eigenvalue weighted by Crippen LogP contribution is -2.46. The second-order valence-electron chi connectivity index (χ2n) is 7.71. The summed E-state index contributed by atoms with van der Waals surface area (Å²) in [5.74, 6) is -1.31. The molecule has 0 fully saturated rings. The van der Waals surface area contributed by atoms with Gasteiger partial charge in [-0.1, -0.05) is 41.1 Å². The van der Waals surface area contributed by atoms with Crippen molar-refractivity contribution < 1.29 is 18.7 Å². The van der Waals surface area contributed by atoms with E-state index in [-0.39, 0.29) is 13.1 Å². The van der Waals surface area contributed by atoms with Gasteiger partial charge in [-0.25, -0.2) is 9.07 Å². The number of para-hydroxylation sites is 1. The van der Waals surface area contributed by atoms with Gasteiger partial charge in [0.05, 0.1) is 12.1 Å². The van der Waals surface area contributed by atoms with E-state index >= 15 is 0 Å². The number of ether oxygens (including phenoxy) is 1. The van der Waals surface area contributed by atoms with E-state index in [1.54, 1.807) is 30.3 Å². The Bertz CT molecular complexity index is 1310. The minimum absolute atomic E-state index is 0.174. The molecule has 0 spiro atoms. The lowest BCUT2D eigenvalue weighted by molar-refractivity contribution is -0.127. The molecule has 4 rings (SSSR count). The number of amides is 2. The van der Waals surface area contributed by atoms with Crippen LogP contribution in [0.25, 0.3) is 11.0 Å². The number of nitrogens with one attached hydrogen (secondary N) is 1. The Morgan fingerprint density at radius 1 is 1.09 bits per heavy atom. The van der Waals surface area contributed by atoms with Crippen LogP contribution >= 0.6 is 11.6 Å². The Hall–Kier alpha value is -3.82. The number of anilines is 1. The first-order valence-electron chi connectivity index (χ1n) is 10.9. The van der Waals surface area contributed by atoms with Crippen LogP contribution in [0.1, 0.15) is 11.6 Å². The maximum atomic E-state index is 13.8. The molecule has 0 aliphatic carbocycles. The van der Waals surface area contributed by atoms with Gasteiger partial charge in [-0.05, 0) is 54.1 Å². The number of carbonyl (C=O) groups excluding carboxylic acids is 2. The third-order valence-electron chi connectivity index (χ3n) is 5.38. The quantitative estimate of drug-likeness (QED) is 0.357. The molecule has 0 aliphatic heterocycles. The van der Waals surface area contributed by atoms with Gasteiger partial charge in [-0.15, -0.1) is 5.10 Å². The smallest absolute Gasteiger partial charge is 0.249 e. The summed E-state index contributed by atoms with van der Waals surface area (Å²) >= 11 is 6.08. The van der Waals surface area contributed by atoms with Gasteiger partial charge in [0.1, 0.15) is 23.9 Å². The largest absolute Gasteiger partial charge is 0.383 e. The molecule has 8 nitrogen and oxygen atoms in total. The van der Waals surface area contributed by atoms with Crippen molar-refractivity contribution in [3.05, 3.63) is 89.2 Å². The van der Waals surface area contributed by atoms with E-state index in [4.69, 9.17) is 16.3 Å². The van der Waals surface area contributed by atoms with Gasteiger partial charge in [-0.3, -0.25) is 14.5 Å². The van der Waals surface area contributed by atoms with Crippen LogP contribution in [-0.2, 0) is 20.9 Å². The Labute approximate surface area is 206 Å². The molecule has 0 saturated heterocycles. The number of rotatable bonds is 9. The second kappa shape index (κ2) is 11.1. The first-order chi connectivity index (χ1) is 17.0. The molecule has 1 N–H and O–H groups in total. The third-order valence-corrected chi connectivity index (χ3v) is 5.63. The van der Waals surface area contributed by atoms with E-state index in [0.29, 0.717) is 33.9 Å². The van der Waals surface area contributed by atoms with Crippen molar-refractivity contribution in [3.8, 4) is 0 Å². The number of benzene rings is 3. The zero-order chi connectivity index (χ0) is 24.8. The summed E-state index contributed by atoms with van der Waals surface area (Å²) in [4.78, 5) is 28.5. The van der Waals surface area contributed by atoms with E-state index < -0.39 is 23.7 Å². The molecule has 35 heavy (non-hydrogen) atoms. The predicted octanol–water partition coefficient (Wildman–Crippen LogP) is 3.76. The van der Waals surface area contributed by atoms with Crippen molar-refractivity contribution in [1.82, 2.24) is 20.3 Å². The van der Waals surface area contributed by atoms with Gasteiger partial charge in [0.15, 0.2) is 0 Å². The van der Waals surface area contributed by atoms with Gasteiger partial charge in [0.25, 0.3) is 0 Å². The number of nitrogens with zero attached hydrogens (tertiary/aromatic N) is 4. The second-order valence-corrected chi connectivity index (χ2v) is 8.15. The van der Waals surface area contributed by atoms with Crippen LogP contribution in [0.3, 0.4) is 0 Å². The van der Waals surface area contributed by atoms with Crippen LogP contribution in [0.5, 0.6) is 0 Å². The zero-order valence-electron chi connectivity index (χ0n) is 18.9. The number of hydrogen-bond donors (Lipinski definition) is 1. The fraction of sp³-hybridized carbons (Fsp3) is 0.200. The Morgan fingerprint density at radius 3 is 2.51 bits per heavy atom. The molecule has 0 aliphatic rings. The van der Waals surface area contributed by atoms with Crippen molar-refractivity contribution in [1.29, 1.82) is 0 Å². The Morgan fingerprint density at radius 2 is 1.80 bits per heavy atom. The normalized spacial score (nSPS) is 11.9. The van der Waals surface area contributed by atoms with Crippen molar-refractivity contribution in [2.45, 2.75) is 12.6 Å². The molecule has 1 atom stereocenters. The average Bonchev–Trinajstić information content (AvgIpc) is 3.27. The summed E-state index contributed by atoms with van der Waals surface area (Å²) in [7, 11) is 1.52. The molecule has 1 aromatic heterocycles. The van der Waals surface area contributed by atoms with Gasteiger partial charge >= 0.3 is 0 Å². The number of halogens is 2. The summed E-state index contributed by atoms with van der Waals surface area (Å²) in [6.45, 7) is 0.358. The minimum Gasteiger partial charge on any atom is -0.383 e. The molecule has 0 saturated carbocycles. The van der Waals surface area contributed by atoms with E-state index in [2.05, 4.69) is 15.6 Å². The van der Waals surface area contributed by atoms with Crippen LogP contribution in [-0.4, -0.2) is 47.1 Å². The average molecular weight is 496 g/mol. The fourth-order valence-corrected chi connectivity index (χ4v) is 3.84. The third kappa shape index (κ3) is 5.64. The van der Waals surface area contributed by atoms with Crippen LogP contribution in [0, 0.1) is 5.82 Å². The van der Waals surface area contributed by atoms with Crippen LogP contribution in [0.15, 0.2) is 72.8 Å². The monoisotopic (exact) mass is 495 g/mol. The molecule has 4 aromatic rings. The summed E-state index contributed by atoms with van der Waals surface area (Å²) in [6, 6.07) is 18.2. The van der Waals surface area contributed by atoms with E-state index in [9.17, 15) is 14.0 Å². The number of hydrogen-bond acceptors (Lipinski definition) is 5. The van der Waals surface area contributed by atoms with Crippen molar-refractivity contribution in [3.63, 3.8) is 0 Å². The van der Waals surface area contributed by atoms with Gasteiger partial charge in [-0.2, -0.15) is 0 Å². The molecule has 180 valence electrons. The van der Waals surface area contributed by atoms with E-state index in [0.717, 1.165) is 0 Å². The number of aromatic nitrogens is 3. The molecular weight excluding hydrogens is 473 g/mol. The first kappa shape index (κ1) is 24.3. The number of methoxy groups -OCH3 is 1. The number of fused-ring (bicyclic) bond motifs is 1. The number of carbonyl (C=O) groups is 2. The molecule has 3 aromatic carbocycles. The molecule has 0 radical (unpaired) electrons. The SMILES string of the molecule is COCCNC(=O)[C@@H](c1ccc(F)cc1)N(C(=O)Cn1nnc2ccccc21)c1ccc(Cl)cc1. The minimum atomic E-state index is -1.09. The molecule has 1 heterocycles. The Kier molecular flexibility index (Phi) is 7.69. The highest BCUT2D eigenvalue weighted by Crippen LogP contribution is 2.30. The standard InChI is InChI=1S/C25H23ClFN5O3/c1-35-15-14-28-25(34)24(17-6-10-19(27)11-7-17)32(20-12-8-18(26)9-13-20)23(33)16-31-22-5-3-2-4-21(22)29-30-31/h2-13,24H,14-16H2,1H3,(H,28,34)/t24-/m1/s1. The van der Waals surface area contributed by atoms with Crippen LogP contribution in [0.4, 0.5) is 10.1 Å². The lowest BCUT2D eigenvalue weighted by Gasteiger charge is -2.31. The fourth-order valence-electron chi connectivity index (χ4n) is 3.71. The van der Waals surface area contributed by atoms with Gasteiger partial charge in [0, 0.05) is 24.4 Å². The molecule has 0 bridgehead atoms. The van der Waals surface area contributed by atoms with Crippen molar-refractivity contribution >= 4 is 40.1 Å². The Balaban J connectivity index is 1.76. The molecular formula is C25H23ClFN5O3. The van der Waals surface area contributed by atoms with Gasteiger partial charge in [0.2, 0.25) is 11.8 Å². The molecule has 0 unspecified atom stereocenters. The highest BCUT2D eigenvalue weighted by molar-refractivity contribution is 6.30. The topological polar surface area (TPSA) is 89.4 Å². The maximum Gasteiger partial charge on any atom is 0.249 e. The van der Waals surface area contributed by atoms with Gasteiger partial charge < -0.3 is 10.1 Å². The highest BCUT2D eigenvalue weighted by atomic mass is 35.5. The lowest BCUT2D eigenvalue weighted by atomic mass is 10.0. The van der Waals surface area contributed by atoms with Crippen LogP contribution in [0.2, 0.25) is 5.02 Å². The molecule has 10 heteroatoms. The summed E-state index contributed by atoms with van der Waals surface area (Å²) in [6.07, 6.45) is 0. The van der Waals surface area contributed by atoms with Crippen molar-refractivity contribution in [2.75, 3.05) is 25.2 Å². The summed E-state index contributed by atoms with van der Waals surface area (Å²) in [5.41, 5.74) is 2.21. The predicted molar refractivity (Wildman–Crippen MR) is 130 cm³/mol.